The Hall–Kier alpha value is -2.05. The zero-order valence-corrected chi connectivity index (χ0v) is 14.4. The highest BCUT2D eigenvalue weighted by Crippen LogP contribution is 2.30. The van der Waals surface area contributed by atoms with Gasteiger partial charge in [0.15, 0.2) is 5.13 Å². The number of thiazole rings is 1. The van der Waals surface area contributed by atoms with Gasteiger partial charge in [-0.25, -0.2) is 4.98 Å². The molecule has 2 aromatic carbocycles. The van der Waals surface area contributed by atoms with Crippen molar-refractivity contribution in [1.82, 2.24) is 4.98 Å². The van der Waals surface area contributed by atoms with Crippen LogP contribution in [0.25, 0.3) is 10.2 Å². The summed E-state index contributed by atoms with van der Waals surface area (Å²) < 4.78 is 6.19. The second kappa shape index (κ2) is 7.02. The van der Waals surface area contributed by atoms with E-state index in [1.807, 2.05) is 55.5 Å². The number of hydrogen-bond donors (Lipinski definition) is 1. The van der Waals surface area contributed by atoms with Gasteiger partial charge >= 0.3 is 0 Å². The zero-order chi connectivity index (χ0) is 16.2. The fraction of sp³-hybridized carbons (Fsp3) is 0.176. The second-order valence-corrected chi connectivity index (χ2v) is 7.36. The van der Waals surface area contributed by atoms with Crippen molar-refractivity contribution >= 4 is 44.4 Å². The number of ether oxygens (including phenoxy) is 1. The van der Waals surface area contributed by atoms with Crippen LogP contribution in [0, 0.1) is 0 Å². The van der Waals surface area contributed by atoms with Gasteiger partial charge in [0, 0.05) is 4.90 Å². The molecule has 3 aromatic rings. The maximum Gasteiger partial charge on any atom is 0.239 e. The van der Waals surface area contributed by atoms with Gasteiger partial charge in [-0.2, -0.15) is 0 Å². The first kappa shape index (κ1) is 15.8. The molecular formula is C17H16N2O2S2. The number of rotatable bonds is 5. The second-order valence-electron chi connectivity index (χ2n) is 4.92. The molecule has 0 radical (unpaired) electrons. The van der Waals surface area contributed by atoms with Crippen LogP contribution < -0.4 is 10.1 Å². The van der Waals surface area contributed by atoms with E-state index in [0.29, 0.717) is 5.13 Å². The lowest BCUT2D eigenvalue weighted by molar-refractivity contribution is -0.115. The van der Waals surface area contributed by atoms with Crippen molar-refractivity contribution in [2.24, 2.45) is 0 Å². The molecule has 0 saturated carbocycles. The lowest BCUT2D eigenvalue weighted by Crippen LogP contribution is -2.22. The molecule has 0 bridgehead atoms. The van der Waals surface area contributed by atoms with E-state index in [4.69, 9.17) is 4.74 Å². The quantitative estimate of drug-likeness (QED) is 0.696. The number of amides is 1. The van der Waals surface area contributed by atoms with Crippen LogP contribution in [0.5, 0.6) is 5.75 Å². The number of methoxy groups -OCH3 is 1. The molecule has 0 unspecified atom stereocenters. The number of fused-ring (bicyclic) bond motifs is 1. The molecule has 4 nitrogen and oxygen atoms in total. The number of carbonyl (C=O) groups excluding carboxylic acids is 1. The Labute approximate surface area is 142 Å². The first-order valence-electron chi connectivity index (χ1n) is 7.13. The van der Waals surface area contributed by atoms with E-state index >= 15 is 0 Å². The van der Waals surface area contributed by atoms with Crippen LogP contribution in [0.2, 0.25) is 0 Å². The van der Waals surface area contributed by atoms with E-state index in [0.717, 1.165) is 20.9 Å². The largest absolute Gasteiger partial charge is 0.497 e. The minimum absolute atomic E-state index is 0.0510. The number of thioether (sulfide) groups is 1. The number of nitrogens with one attached hydrogen (secondary N) is 1. The SMILES string of the molecule is COc1ccc2nc(NC(=O)[C@@H](C)Sc3ccccc3)sc2c1. The highest BCUT2D eigenvalue weighted by Gasteiger charge is 2.16. The Morgan fingerprint density at radius 2 is 2.04 bits per heavy atom. The third-order valence-corrected chi connectivity index (χ3v) is 5.30. The number of anilines is 1. The van der Waals surface area contributed by atoms with E-state index < -0.39 is 0 Å². The summed E-state index contributed by atoms with van der Waals surface area (Å²) in [6.07, 6.45) is 0. The van der Waals surface area contributed by atoms with Crippen molar-refractivity contribution < 1.29 is 9.53 Å². The Morgan fingerprint density at radius 1 is 1.26 bits per heavy atom. The molecule has 0 saturated heterocycles. The topological polar surface area (TPSA) is 51.2 Å². The minimum Gasteiger partial charge on any atom is -0.497 e. The predicted octanol–water partition coefficient (Wildman–Crippen LogP) is 4.42. The van der Waals surface area contributed by atoms with Crippen molar-refractivity contribution in [1.29, 1.82) is 0 Å². The summed E-state index contributed by atoms with van der Waals surface area (Å²) in [4.78, 5) is 17.8. The minimum atomic E-state index is -0.195. The van der Waals surface area contributed by atoms with Gasteiger partial charge in [-0.1, -0.05) is 29.5 Å². The Morgan fingerprint density at radius 3 is 2.78 bits per heavy atom. The van der Waals surface area contributed by atoms with Gasteiger partial charge < -0.3 is 10.1 Å². The molecule has 3 rings (SSSR count). The van der Waals surface area contributed by atoms with Gasteiger partial charge in [-0.3, -0.25) is 4.79 Å². The summed E-state index contributed by atoms with van der Waals surface area (Å²) >= 11 is 2.98. The molecule has 1 N–H and O–H groups in total. The van der Waals surface area contributed by atoms with E-state index in [1.165, 1.54) is 23.1 Å². The molecule has 1 aromatic heterocycles. The van der Waals surface area contributed by atoms with Crippen LogP contribution in [0.3, 0.4) is 0 Å². The van der Waals surface area contributed by atoms with E-state index in [1.54, 1.807) is 7.11 Å². The fourth-order valence-corrected chi connectivity index (χ4v) is 3.83. The molecule has 0 aliphatic heterocycles. The molecular weight excluding hydrogens is 328 g/mol. The molecule has 0 fully saturated rings. The molecule has 0 aliphatic rings. The predicted molar refractivity (Wildman–Crippen MR) is 96.6 cm³/mol. The third kappa shape index (κ3) is 3.83. The van der Waals surface area contributed by atoms with Gasteiger partial charge in [-0.05, 0) is 37.3 Å². The van der Waals surface area contributed by atoms with Gasteiger partial charge in [0.2, 0.25) is 5.91 Å². The average Bonchev–Trinajstić information content (AvgIpc) is 2.96. The number of hydrogen-bond acceptors (Lipinski definition) is 5. The fourth-order valence-electron chi connectivity index (χ4n) is 2.05. The molecule has 23 heavy (non-hydrogen) atoms. The molecule has 1 heterocycles. The Balaban J connectivity index is 1.69. The van der Waals surface area contributed by atoms with Gasteiger partial charge in [0.05, 0.1) is 22.6 Å². The van der Waals surface area contributed by atoms with E-state index in [9.17, 15) is 4.79 Å². The molecule has 1 atom stereocenters. The summed E-state index contributed by atoms with van der Waals surface area (Å²) in [6.45, 7) is 1.89. The lowest BCUT2D eigenvalue weighted by Gasteiger charge is -2.10. The van der Waals surface area contributed by atoms with E-state index in [2.05, 4.69) is 10.3 Å². The standard InChI is InChI=1S/C17H16N2O2S2/c1-11(22-13-6-4-3-5-7-13)16(20)19-17-18-14-9-8-12(21-2)10-15(14)23-17/h3-11H,1-2H3,(H,18,19,20)/t11-/m1/s1. The zero-order valence-electron chi connectivity index (χ0n) is 12.8. The first-order valence-corrected chi connectivity index (χ1v) is 8.82. The van der Waals surface area contributed by atoms with Crippen molar-refractivity contribution in [3.8, 4) is 5.75 Å². The summed E-state index contributed by atoms with van der Waals surface area (Å²) in [5, 5.41) is 3.31. The highest BCUT2D eigenvalue weighted by molar-refractivity contribution is 8.00. The molecule has 6 heteroatoms. The number of nitrogens with zero attached hydrogens (tertiary/aromatic N) is 1. The van der Waals surface area contributed by atoms with Crippen LogP contribution in [0.15, 0.2) is 53.4 Å². The van der Waals surface area contributed by atoms with Crippen LogP contribution in [0.1, 0.15) is 6.92 Å². The maximum absolute atomic E-state index is 12.3. The molecule has 0 spiro atoms. The van der Waals surface area contributed by atoms with Gasteiger partial charge in [-0.15, -0.1) is 11.8 Å². The summed E-state index contributed by atoms with van der Waals surface area (Å²) in [7, 11) is 1.63. The van der Waals surface area contributed by atoms with E-state index in [-0.39, 0.29) is 11.2 Å². The molecule has 118 valence electrons. The summed E-state index contributed by atoms with van der Waals surface area (Å²) in [5.41, 5.74) is 0.856. The normalized spacial score (nSPS) is 12.1. The monoisotopic (exact) mass is 344 g/mol. The molecule has 1 amide bonds. The summed E-state index contributed by atoms with van der Waals surface area (Å²) in [5.74, 6) is 0.733. The number of aromatic nitrogens is 1. The third-order valence-electron chi connectivity index (χ3n) is 3.25. The number of benzene rings is 2. The van der Waals surface area contributed by atoms with Crippen LogP contribution in [0.4, 0.5) is 5.13 Å². The smallest absolute Gasteiger partial charge is 0.239 e. The van der Waals surface area contributed by atoms with Gasteiger partial charge in [0.25, 0.3) is 0 Å². The van der Waals surface area contributed by atoms with Crippen LogP contribution in [-0.2, 0) is 4.79 Å². The maximum atomic E-state index is 12.3. The summed E-state index contributed by atoms with van der Waals surface area (Å²) in [6, 6.07) is 15.6. The van der Waals surface area contributed by atoms with Crippen molar-refractivity contribution in [2.75, 3.05) is 12.4 Å². The Bertz CT molecular complexity index is 818. The Kier molecular flexibility index (Phi) is 4.83. The van der Waals surface area contributed by atoms with Crippen molar-refractivity contribution in [3.63, 3.8) is 0 Å². The molecule has 0 aliphatic carbocycles. The van der Waals surface area contributed by atoms with Crippen molar-refractivity contribution in [3.05, 3.63) is 48.5 Å². The van der Waals surface area contributed by atoms with Crippen LogP contribution in [-0.4, -0.2) is 23.3 Å². The van der Waals surface area contributed by atoms with Crippen molar-refractivity contribution in [2.45, 2.75) is 17.1 Å². The van der Waals surface area contributed by atoms with Gasteiger partial charge in [0.1, 0.15) is 5.75 Å². The van der Waals surface area contributed by atoms with Crippen LogP contribution >= 0.6 is 23.1 Å². The highest BCUT2D eigenvalue weighted by atomic mass is 32.2. The number of carbonyl (C=O) groups is 1. The average molecular weight is 344 g/mol. The lowest BCUT2D eigenvalue weighted by atomic mass is 10.3. The first-order chi connectivity index (χ1) is 11.2.